The summed E-state index contributed by atoms with van der Waals surface area (Å²) < 4.78 is 39.0. The van der Waals surface area contributed by atoms with Crippen molar-refractivity contribution in [3.63, 3.8) is 0 Å². The Hall–Kier alpha value is -2.56. The molecule has 1 N–H and O–H groups in total. The van der Waals surface area contributed by atoms with Crippen LogP contribution >= 0.6 is 0 Å². The number of rotatable bonds is 1. The quantitative estimate of drug-likeness (QED) is 0.783. The van der Waals surface area contributed by atoms with Gasteiger partial charge in [-0.3, -0.25) is 4.79 Å². The van der Waals surface area contributed by atoms with Crippen LogP contribution in [0.5, 0.6) is 0 Å². The third kappa shape index (κ3) is 2.42. The molecule has 21 heavy (non-hydrogen) atoms. The number of nitrogens with one attached hydrogen (secondary N) is 1. The molecule has 1 aliphatic heterocycles. The van der Waals surface area contributed by atoms with Crippen molar-refractivity contribution < 1.29 is 18.0 Å². The third-order valence-corrected chi connectivity index (χ3v) is 3.28. The highest BCUT2D eigenvalue weighted by atomic mass is 19.4. The number of hydrogen-bond acceptors (Lipinski definition) is 1. The second-order valence-electron chi connectivity index (χ2n) is 4.64. The lowest BCUT2D eigenvalue weighted by Crippen LogP contribution is -2.08. The summed E-state index contributed by atoms with van der Waals surface area (Å²) in [6.45, 7) is 0. The summed E-state index contributed by atoms with van der Waals surface area (Å²) in [5, 5.41) is 2.64. The molecule has 0 saturated heterocycles. The van der Waals surface area contributed by atoms with Crippen LogP contribution in [0.3, 0.4) is 0 Å². The van der Waals surface area contributed by atoms with Crippen molar-refractivity contribution in [2.75, 3.05) is 5.32 Å². The number of amides is 1. The first-order chi connectivity index (χ1) is 9.97. The molecule has 106 valence electrons. The van der Waals surface area contributed by atoms with Gasteiger partial charge in [0.1, 0.15) is 0 Å². The van der Waals surface area contributed by atoms with Crippen LogP contribution in [0, 0.1) is 0 Å². The van der Waals surface area contributed by atoms with Gasteiger partial charge in [0.15, 0.2) is 0 Å². The fourth-order valence-corrected chi connectivity index (χ4v) is 2.32. The smallest absolute Gasteiger partial charge is 0.321 e. The molecule has 1 heterocycles. The van der Waals surface area contributed by atoms with Crippen molar-refractivity contribution in [1.82, 2.24) is 0 Å². The molecule has 0 fully saturated rings. The topological polar surface area (TPSA) is 29.1 Å². The maximum absolute atomic E-state index is 13.0. The second kappa shape index (κ2) is 4.77. The average Bonchev–Trinajstić information content (AvgIpc) is 2.75. The van der Waals surface area contributed by atoms with E-state index in [-0.39, 0.29) is 11.1 Å². The molecule has 3 rings (SSSR count). The number of halogens is 3. The SMILES string of the molecule is O=C1Nc2ccccc2/C1=C\c1ccccc1C(F)(F)F. The lowest BCUT2D eigenvalue weighted by Gasteiger charge is -2.10. The molecule has 1 aliphatic rings. The van der Waals surface area contributed by atoms with Crippen molar-refractivity contribution in [2.45, 2.75) is 6.18 Å². The van der Waals surface area contributed by atoms with Crippen LogP contribution < -0.4 is 5.32 Å². The summed E-state index contributed by atoms with van der Waals surface area (Å²) >= 11 is 0. The predicted octanol–water partition coefficient (Wildman–Crippen LogP) is 4.20. The van der Waals surface area contributed by atoms with Gasteiger partial charge in [-0.25, -0.2) is 0 Å². The predicted molar refractivity (Wildman–Crippen MR) is 74.4 cm³/mol. The second-order valence-corrected chi connectivity index (χ2v) is 4.64. The monoisotopic (exact) mass is 289 g/mol. The molecule has 0 saturated carbocycles. The van der Waals surface area contributed by atoms with Crippen molar-refractivity contribution in [3.8, 4) is 0 Å². The van der Waals surface area contributed by atoms with Crippen LogP contribution in [-0.4, -0.2) is 5.91 Å². The van der Waals surface area contributed by atoms with Gasteiger partial charge in [-0.05, 0) is 23.8 Å². The molecular formula is C16H10F3NO. The Bertz CT molecular complexity index is 747. The van der Waals surface area contributed by atoms with E-state index in [0.29, 0.717) is 11.3 Å². The zero-order chi connectivity index (χ0) is 15.0. The standard InChI is InChI=1S/C16H10F3NO/c17-16(18,19)13-7-3-1-5-10(13)9-12-11-6-2-4-8-14(11)20-15(12)21/h1-9H,(H,20,21)/b12-9+. The Kier molecular flexibility index (Phi) is 3.05. The van der Waals surface area contributed by atoms with E-state index < -0.39 is 17.6 Å². The molecule has 0 unspecified atom stereocenters. The van der Waals surface area contributed by atoms with E-state index in [1.165, 1.54) is 24.3 Å². The van der Waals surface area contributed by atoms with Crippen molar-refractivity contribution in [2.24, 2.45) is 0 Å². The fourth-order valence-electron chi connectivity index (χ4n) is 2.32. The minimum absolute atomic E-state index is 0.0214. The molecule has 0 aromatic heterocycles. The van der Waals surface area contributed by atoms with Crippen LogP contribution in [0.15, 0.2) is 48.5 Å². The van der Waals surface area contributed by atoms with E-state index >= 15 is 0 Å². The summed E-state index contributed by atoms with van der Waals surface area (Å²) in [7, 11) is 0. The summed E-state index contributed by atoms with van der Waals surface area (Å²) in [5.74, 6) is -0.395. The third-order valence-electron chi connectivity index (χ3n) is 3.28. The Balaban J connectivity index is 2.14. The fraction of sp³-hybridized carbons (Fsp3) is 0.0625. The number of hydrogen-bond donors (Lipinski definition) is 1. The highest BCUT2D eigenvalue weighted by molar-refractivity contribution is 6.34. The van der Waals surface area contributed by atoms with Crippen molar-refractivity contribution >= 4 is 23.2 Å². The molecule has 2 aromatic rings. The minimum Gasteiger partial charge on any atom is -0.321 e. The number of anilines is 1. The first kappa shape index (κ1) is 13.4. The van der Waals surface area contributed by atoms with Gasteiger partial charge in [0.25, 0.3) is 5.91 Å². The first-order valence-corrected chi connectivity index (χ1v) is 6.25. The zero-order valence-corrected chi connectivity index (χ0v) is 10.7. The average molecular weight is 289 g/mol. The van der Waals surface area contributed by atoms with E-state index in [2.05, 4.69) is 5.32 Å². The van der Waals surface area contributed by atoms with Crippen LogP contribution in [0.2, 0.25) is 0 Å². The number of benzene rings is 2. The largest absolute Gasteiger partial charge is 0.416 e. The summed E-state index contributed by atoms with van der Waals surface area (Å²) in [6.07, 6.45) is -3.17. The Morgan fingerprint density at radius 1 is 0.952 bits per heavy atom. The van der Waals surface area contributed by atoms with Crippen LogP contribution in [0.25, 0.3) is 11.6 Å². The van der Waals surface area contributed by atoms with Gasteiger partial charge in [0.2, 0.25) is 0 Å². The van der Waals surface area contributed by atoms with Gasteiger partial charge in [-0.1, -0.05) is 36.4 Å². The Labute approximate surface area is 118 Å². The molecule has 1 amide bonds. The van der Waals surface area contributed by atoms with Crippen LogP contribution in [-0.2, 0) is 11.0 Å². The summed E-state index contributed by atoms with van der Waals surface area (Å²) in [4.78, 5) is 11.9. The Morgan fingerprint density at radius 3 is 2.38 bits per heavy atom. The van der Waals surface area contributed by atoms with Crippen LogP contribution in [0.4, 0.5) is 18.9 Å². The van der Waals surface area contributed by atoms with Gasteiger partial charge in [0.05, 0.1) is 5.56 Å². The molecule has 0 radical (unpaired) electrons. The summed E-state index contributed by atoms with van der Waals surface area (Å²) in [5.41, 5.74) is 0.682. The van der Waals surface area contributed by atoms with E-state index in [9.17, 15) is 18.0 Å². The van der Waals surface area contributed by atoms with Crippen LogP contribution in [0.1, 0.15) is 16.7 Å². The number of carbonyl (C=O) groups excluding carboxylic acids is 1. The van der Waals surface area contributed by atoms with Crippen molar-refractivity contribution in [1.29, 1.82) is 0 Å². The Morgan fingerprint density at radius 2 is 1.62 bits per heavy atom. The molecular weight excluding hydrogens is 279 g/mol. The van der Waals surface area contributed by atoms with E-state index in [1.807, 2.05) is 0 Å². The molecule has 0 aliphatic carbocycles. The van der Waals surface area contributed by atoms with Gasteiger partial charge in [-0.2, -0.15) is 13.2 Å². The number of fused-ring (bicyclic) bond motifs is 1. The molecule has 5 heteroatoms. The van der Waals surface area contributed by atoms with Crippen molar-refractivity contribution in [3.05, 3.63) is 65.2 Å². The lowest BCUT2D eigenvalue weighted by molar-refractivity contribution is -0.137. The molecule has 0 spiro atoms. The molecule has 2 aromatic carbocycles. The molecule has 2 nitrogen and oxygen atoms in total. The first-order valence-electron chi connectivity index (χ1n) is 6.25. The lowest BCUT2D eigenvalue weighted by atomic mass is 10.0. The number of para-hydroxylation sites is 1. The van der Waals surface area contributed by atoms with E-state index in [4.69, 9.17) is 0 Å². The summed E-state index contributed by atoms with van der Waals surface area (Å²) in [6, 6.07) is 12.1. The normalized spacial score (nSPS) is 16.0. The van der Waals surface area contributed by atoms with Gasteiger partial charge in [0, 0.05) is 16.8 Å². The molecule has 0 bridgehead atoms. The number of alkyl halides is 3. The van der Waals surface area contributed by atoms with Gasteiger partial charge in [-0.15, -0.1) is 0 Å². The molecule has 0 atom stereocenters. The van der Waals surface area contributed by atoms with E-state index in [0.717, 1.165) is 6.07 Å². The highest BCUT2D eigenvalue weighted by Gasteiger charge is 2.33. The van der Waals surface area contributed by atoms with Gasteiger partial charge < -0.3 is 5.32 Å². The zero-order valence-electron chi connectivity index (χ0n) is 10.7. The van der Waals surface area contributed by atoms with E-state index in [1.54, 1.807) is 24.3 Å². The maximum atomic E-state index is 13.0. The van der Waals surface area contributed by atoms with Gasteiger partial charge >= 0.3 is 6.18 Å². The number of carbonyl (C=O) groups is 1. The minimum atomic E-state index is -4.46. The maximum Gasteiger partial charge on any atom is 0.416 e. The highest BCUT2D eigenvalue weighted by Crippen LogP contribution is 2.36.